The Bertz CT molecular complexity index is 268. The Kier molecular flexibility index (Phi) is 9.41. The number of aliphatic imine (C=N–C) groups is 1. The molecule has 0 amide bonds. The van der Waals surface area contributed by atoms with Crippen LogP contribution in [0, 0.1) is 5.92 Å². The minimum absolute atomic E-state index is 0.774. The number of likely N-dealkylation sites (N-methyl/N-ethyl adjacent to an activating group) is 1. The summed E-state index contributed by atoms with van der Waals surface area (Å²) in [6, 6.07) is 0. The summed E-state index contributed by atoms with van der Waals surface area (Å²) >= 11 is 0. The highest BCUT2D eigenvalue weighted by Gasteiger charge is 2.21. The fraction of sp³-hybridized carbons (Fsp3) is 0.933. The Morgan fingerprint density at radius 1 is 1.25 bits per heavy atom. The molecular formula is C15H31N3O2. The predicted octanol–water partition coefficient (Wildman–Crippen LogP) is 1.74. The molecule has 0 spiro atoms. The standard InChI is InChI=1S/C15H31N3O2/c1-4-16-15(17-9-6-11-19-5-2)18(3)10-12-20-13-14-7-8-14/h14H,4-13H2,1-3H3,(H,16,17). The maximum Gasteiger partial charge on any atom is 0.193 e. The molecule has 1 rings (SSSR count). The highest BCUT2D eigenvalue weighted by molar-refractivity contribution is 5.79. The van der Waals surface area contributed by atoms with Gasteiger partial charge in [0.15, 0.2) is 5.96 Å². The summed E-state index contributed by atoms with van der Waals surface area (Å²) in [6.07, 6.45) is 3.66. The van der Waals surface area contributed by atoms with E-state index in [0.717, 1.165) is 64.4 Å². The second kappa shape index (κ2) is 10.9. The van der Waals surface area contributed by atoms with Crippen LogP contribution in [0.1, 0.15) is 33.1 Å². The van der Waals surface area contributed by atoms with Crippen molar-refractivity contribution in [3.63, 3.8) is 0 Å². The molecule has 0 aliphatic heterocycles. The SMILES string of the molecule is CCNC(=NCCCOCC)N(C)CCOCC1CC1. The zero-order valence-corrected chi connectivity index (χ0v) is 13.4. The Morgan fingerprint density at radius 2 is 2.05 bits per heavy atom. The van der Waals surface area contributed by atoms with Gasteiger partial charge < -0.3 is 19.7 Å². The first kappa shape index (κ1) is 17.2. The maximum atomic E-state index is 5.67. The Labute approximate surface area is 123 Å². The highest BCUT2D eigenvalue weighted by atomic mass is 16.5. The van der Waals surface area contributed by atoms with Crippen LogP contribution < -0.4 is 5.32 Å². The van der Waals surface area contributed by atoms with Crippen molar-refractivity contribution < 1.29 is 9.47 Å². The van der Waals surface area contributed by atoms with Crippen LogP contribution in [0.2, 0.25) is 0 Å². The van der Waals surface area contributed by atoms with E-state index in [-0.39, 0.29) is 0 Å². The van der Waals surface area contributed by atoms with Gasteiger partial charge in [0.25, 0.3) is 0 Å². The molecule has 0 aromatic rings. The monoisotopic (exact) mass is 285 g/mol. The molecule has 0 heterocycles. The maximum absolute atomic E-state index is 5.67. The third-order valence-corrected chi connectivity index (χ3v) is 3.23. The molecule has 0 aromatic carbocycles. The van der Waals surface area contributed by atoms with Crippen molar-refractivity contribution in [2.45, 2.75) is 33.1 Å². The molecule has 5 heteroatoms. The first-order valence-electron chi connectivity index (χ1n) is 7.92. The zero-order chi connectivity index (χ0) is 14.6. The van der Waals surface area contributed by atoms with Gasteiger partial charge in [-0.1, -0.05) is 0 Å². The van der Waals surface area contributed by atoms with E-state index in [2.05, 4.69) is 29.2 Å². The van der Waals surface area contributed by atoms with Crippen LogP contribution >= 0.6 is 0 Å². The molecule has 0 aromatic heterocycles. The topological polar surface area (TPSA) is 46.1 Å². The summed E-state index contributed by atoms with van der Waals surface area (Å²) in [5.41, 5.74) is 0. The minimum Gasteiger partial charge on any atom is -0.382 e. The molecular weight excluding hydrogens is 254 g/mol. The van der Waals surface area contributed by atoms with Crippen LogP contribution in [-0.4, -0.2) is 64.0 Å². The average Bonchev–Trinajstić information content (AvgIpc) is 3.26. The van der Waals surface area contributed by atoms with Crippen molar-refractivity contribution in [3.05, 3.63) is 0 Å². The van der Waals surface area contributed by atoms with Crippen molar-refractivity contribution >= 4 is 5.96 Å². The second-order valence-corrected chi connectivity index (χ2v) is 5.23. The van der Waals surface area contributed by atoms with Gasteiger partial charge in [-0.15, -0.1) is 0 Å². The van der Waals surface area contributed by atoms with Gasteiger partial charge >= 0.3 is 0 Å². The van der Waals surface area contributed by atoms with Crippen LogP contribution in [-0.2, 0) is 9.47 Å². The lowest BCUT2D eigenvalue weighted by Crippen LogP contribution is -2.40. The number of nitrogens with zero attached hydrogens (tertiary/aromatic N) is 2. The van der Waals surface area contributed by atoms with Gasteiger partial charge in [-0.25, -0.2) is 0 Å². The fourth-order valence-corrected chi connectivity index (χ4v) is 1.81. The van der Waals surface area contributed by atoms with Gasteiger partial charge in [0.05, 0.1) is 6.61 Å². The van der Waals surface area contributed by atoms with E-state index in [1.165, 1.54) is 12.8 Å². The molecule has 5 nitrogen and oxygen atoms in total. The third kappa shape index (κ3) is 8.38. The summed E-state index contributed by atoms with van der Waals surface area (Å²) in [5, 5.41) is 3.31. The highest BCUT2D eigenvalue weighted by Crippen LogP contribution is 2.28. The van der Waals surface area contributed by atoms with E-state index in [4.69, 9.17) is 9.47 Å². The Balaban J connectivity index is 2.16. The largest absolute Gasteiger partial charge is 0.382 e. The molecule has 0 saturated heterocycles. The predicted molar refractivity (Wildman–Crippen MR) is 83.3 cm³/mol. The molecule has 0 atom stereocenters. The lowest BCUT2D eigenvalue weighted by atomic mass is 10.4. The molecule has 0 unspecified atom stereocenters. The van der Waals surface area contributed by atoms with E-state index >= 15 is 0 Å². The fourth-order valence-electron chi connectivity index (χ4n) is 1.81. The molecule has 1 saturated carbocycles. The van der Waals surface area contributed by atoms with Crippen LogP contribution in [0.5, 0.6) is 0 Å². The lowest BCUT2D eigenvalue weighted by molar-refractivity contribution is 0.115. The number of hydrogen-bond donors (Lipinski definition) is 1. The summed E-state index contributed by atoms with van der Waals surface area (Å²) < 4.78 is 11.0. The Morgan fingerprint density at radius 3 is 2.70 bits per heavy atom. The molecule has 1 fully saturated rings. The first-order chi connectivity index (χ1) is 9.77. The van der Waals surface area contributed by atoms with Gasteiger partial charge in [-0.05, 0) is 39.0 Å². The summed E-state index contributed by atoms with van der Waals surface area (Å²) in [4.78, 5) is 6.74. The molecule has 1 aliphatic rings. The van der Waals surface area contributed by atoms with E-state index in [1.54, 1.807) is 0 Å². The van der Waals surface area contributed by atoms with E-state index in [1.807, 2.05) is 6.92 Å². The molecule has 0 bridgehead atoms. The number of nitrogens with one attached hydrogen (secondary N) is 1. The quantitative estimate of drug-likeness (QED) is 0.357. The third-order valence-electron chi connectivity index (χ3n) is 3.23. The smallest absolute Gasteiger partial charge is 0.193 e. The molecule has 1 N–H and O–H groups in total. The van der Waals surface area contributed by atoms with Crippen molar-refractivity contribution in [3.8, 4) is 0 Å². The second-order valence-electron chi connectivity index (χ2n) is 5.23. The summed E-state index contributed by atoms with van der Waals surface area (Å²) in [7, 11) is 2.06. The summed E-state index contributed by atoms with van der Waals surface area (Å²) in [5.74, 6) is 1.79. The Hall–Kier alpha value is -0.810. The minimum atomic E-state index is 0.774. The van der Waals surface area contributed by atoms with Crippen LogP contribution in [0.3, 0.4) is 0 Å². The number of ether oxygens (including phenoxy) is 2. The number of guanidine groups is 1. The van der Waals surface area contributed by atoms with Crippen LogP contribution in [0.4, 0.5) is 0 Å². The first-order valence-corrected chi connectivity index (χ1v) is 7.92. The van der Waals surface area contributed by atoms with Gasteiger partial charge in [-0.2, -0.15) is 0 Å². The molecule has 20 heavy (non-hydrogen) atoms. The van der Waals surface area contributed by atoms with Gasteiger partial charge in [0.2, 0.25) is 0 Å². The van der Waals surface area contributed by atoms with Gasteiger partial charge in [-0.3, -0.25) is 4.99 Å². The summed E-state index contributed by atoms with van der Waals surface area (Å²) in [6.45, 7) is 9.94. The van der Waals surface area contributed by atoms with E-state index < -0.39 is 0 Å². The van der Waals surface area contributed by atoms with E-state index in [9.17, 15) is 0 Å². The van der Waals surface area contributed by atoms with Crippen molar-refractivity contribution in [1.82, 2.24) is 10.2 Å². The van der Waals surface area contributed by atoms with Crippen molar-refractivity contribution in [2.75, 3.05) is 53.1 Å². The van der Waals surface area contributed by atoms with Gasteiger partial charge in [0.1, 0.15) is 0 Å². The van der Waals surface area contributed by atoms with E-state index in [0.29, 0.717) is 0 Å². The van der Waals surface area contributed by atoms with Crippen LogP contribution in [0.15, 0.2) is 4.99 Å². The number of rotatable bonds is 11. The average molecular weight is 285 g/mol. The molecule has 0 radical (unpaired) electrons. The van der Waals surface area contributed by atoms with Gasteiger partial charge in [0, 0.05) is 46.5 Å². The van der Waals surface area contributed by atoms with Crippen molar-refractivity contribution in [1.29, 1.82) is 0 Å². The zero-order valence-electron chi connectivity index (χ0n) is 13.4. The molecule has 1 aliphatic carbocycles. The lowest BCUT2D eigenvalue weighted by Gasteiger charge is -2.22. The normalized spacial score (nSPS) is 15.4. The van der Waals surface area contributed by atoms with Crippen LogP contribution in [0.25, 0.3) is 0 Å². The van der Waals surface area contributed by atoms with Crippen molar-refractivity contribution in [2.24, 2.45) is 10.9 Å². The molecule has 118 valence electrons. The number of hydrogen-bond acceptors (Lipinski definition) is 3.